The fraction of sp³-hybridized carbons (Fsp3) is 0.488. The lowest BCUT2D eigenvalue weighted by Crippen LogP contribution is -2.55. The van der Waals surface area contributed by atoms with Crippen LogP contribution in [0.3, 0.4) is 0 Å². The van der Waals surface area contributed by atoms with Gasteiger partial charge in [0, 0.05) is 23.9 Å². The van der Waals surface area contributed by atoms with Gasteiger partial charge in [0.1, 0.15) is 5.60 Å². The van der Waals surface area contributed by atoms with Gasteiger partial charge < -0.3 is 14.4 Å². The quantitative estimate of drug-likeness (QED) is 0.190. The monoisotopic (exact) mass is 649 g/mol. The molecule has 4 heterocycles. The summed E-state index contributed by atoms with van der Waals surface area (Å²) in [5, 5.41) is 0.886. The van der Waals surface area contributed by atoms with Gasteiger partial charge in [-0.05, 0) is 115 Å². The maximum Gasteiger partial charge on any atom is 0.419 e. The molecule has 7 nitrogen and oxygen atoms in total. The highest BCUT2D eigenvalue weighted by atomic mass is 16.6. The molecule has 1 aliphatic carbocycles. The summed E-state index contributed by atoms with van der Waals surface area (Å²) in [7, 11) is 0. The summed E-state index contributed by atoms with van der Waals surface area (Å²) in [4.78, 5) is 35.5. The van der Waals surface area contributed by atoms with Crippen molar-refractivity contribution < 1.29 is 19.1 Å². The summed E-state index contributed by atoms with van der Waals surface area (Å²) >= 11 is 0. The highest BCUT2D eigenvalue weighted by Crippen LogP contribution is 2.42. The summed E-state index contributed by atoms with van der Waals surface area (Å²) in [5.41, 5.74) is 5.82. The number of benzene rings is 2. The SMILES string of the molecule is Cc1cc(C)cc(-c2c(C(C)COCc3ccccc3)c3cc(C(C)(C)C(=O)N4CC5CCC4CC5)ncc3n2C(=O)OC(C)(C)C)c1. The minimum absolute atomic E-state index is 0.0948. The number of hydrogen-bond donors (Lipinski definition) is 0. The minimum atomic E-state index is -0.843. The van der Waals surface area contributed by atoms with Crippen molar-refractivity contribution in [3.63, 3.8) is 0 Å². The molecule has 3 fully saturated rings. The average molecular weight is 650 g/mol. The van der Waals surface area contributed by atoms with Crippen LogP contribution in [0.1, 0.15) is 101 Å². The van der Waals surface area contributed by atoms with Gasteiger partial charge in [-0.2, -0.15) is 0 Å². The summed E-state index contributed by atoms with van der Waals surface area (Å²) in [5.74, 6) is 0.630. The topological polar surface area (TPSA) is 73.7 Å². The van der Waals surface area contributed by atoms with Gasteiger partial charge in [-0.25, -0.2) is 9.36 Å². The molecule has 2 saturated heterocycles. The molecule has 254 valence electrons. The average Bonchev–Trinajstić information content (AvgIpc) is 3.39. The van der Waals surface area contributed by atoms with Gasteiger partial charge in [0.05, 0.1) is 41.7 Å². The molecule has 7 rings (SSSR count). The van der Waals surface area contributed by atoms with Crippen LogP contribution in [0, 0.1) is 19.8 Å². The minimum Gasteiger partial charge on any atom is -0.443 e. The lowest BCUT2D eigenvalue weighted by molar-refractivity contribution is -0.144. The second-order valence-electron chi connectivity index (χ2n) is 15.7. The van der Waals surface area contributed by atoms with E-state index >= 15 is 0 Å². The first-order valence-electron chi connectivity index (χ1n) is 17.5. The Morgan fingerprint density at radius 3 is 2.21 bits per heavy atom. The first-order chi connectivity index (χ1) is 22.7. The van der Waals surface area contributed by atoms with Crippen molar-refractivity contribution in [2.24, 2.45) is 5.92 Å². The van der Waals surface area contributed by atoms with E-state index in [1.807, 2.05) is 58.9 Å². The van der Waals surface area contributed by atoms with Crippen molar-refractivity contribution in [2.45, 2.75) is 111 Å². The van der Waals surface area contributed by atoms with Gasteiger partial charge in [0.15, 0.2) is 0 Å². The third kappa shape index (κ3) is 6.80. The largest absolute Gasteiger partial charge is 0.443 e. The van der Waals surface area contributed by atoms with Crippen LogP contribution in [0.5, 0.6) is 0 Å². The molecule has 2 bridgehead atoms. The Labute approximate surface area is 285 Å². The van der Waals surface area contributed by atoms with Gasteiger partial charge in [0.25, 0.3) is 0 Å². The Kier molecular flexibility index (Phi) is 9.29. The normalized spacial score (nSPS) is 18.7. The van der Waals surface area contributed by atoms with Crippen molar-refractivity contribution in [3.8, 4) is 11.3 Å². The molecule has 0 spiro atoms. The van der Waals surface area contributed by atoms with E-state index < -0.39 is 17.1 Å². The van der Waals surface area contributed by atoms with Gasteiger partial charge in [-0.3, -0.25) is 9.78 Å². The van der Waals surface area contributed by atoms with Crippen LogP contribution in [0.15, 0.2) is 60.8 Å². The van der Waals surface area contributed by atoms with Crippen LogP contribution >= 0.6 is 0 Å². The Morgan fingerprint density at radius 1 is 0.938 bits per heavy atom. The van der Waals surface area contributed by atoms with Crippen LogP contribution < -0.4 is 0 Å². The molecule has 4 aromatic rings. The number of carbonyl (C=O) groups is 2. The third-order valence-electron chi connectivity index (χ3n) is 10.1. The molecule has 48 heavy (non-hydrogen) atoms. The van der Waals surface area contributed by atoms with Gasteiger partial charge in [-0.1, -0.05) is 54.4 Å². The molecular weight excluding hydrogens is 598 g/mol. The molecule has 1 saturated carbocycles. The van der Waals surface area contributed by atoms with Crippen LogP contribution in [0.2, 0.25) is 0 Å². The van der Waals surface area contributed by atoms with E-state index in [0.29, 0.717) is 36.4 Å². The Bertz CT molecular complexity index is 1790. The fourth-order valence-electron chi connectivity index (χ4n) is 7.74. The van der Waals surface area contributed by atoms with E-state index in [-0.39, 0.29) is 11.8 Å². The van der Waals surface area contributed by atoms with Gasteiger partial charge in [0.2, 0.25) is 5.91 Å². The van der Waals surface area contributed by atoms with E-state index in [0.717, 1.165) is 58.3 Å². The maximum atomic E-state index is 14.3. The first-order valence-corrected chi connectivity index (χ1v) is 17.5. The Morgan fingerprint density at radius 2 is 1.60 bits per heavy atom. The highest BCUT2D eigenvalue weighted by molar-refractivity contribution is 6.00. The standard InChI is InChI=1S/C41H51N3O4/c1-26-18-27(2)20-31(19-26)37-36(28(3)24-47-25-30-12-10-9-11-13-30)33-21-35(42-22-34(33)44(37)39(46)48-40(4,5)6)41(7,8)38(45)43-23-29-14-16-32(43)17-15-29/h9-13,18-22,28-29,32H,14-17,23-25H2,1-8H3. The fourth-order valence-corrected chi connectivity index (χ4v) is 7.74. The molecule has 2 aromatic carbocycles. The van der Waals surface area contributed by atoms with Crippen LogP contribution in [0.25, 0.3) is 22.2 Å². The van der Waals surface area contributed by atoms with E-state index in [1.165, 1.54) is 12.8 Å². The zero-order valence-corrected chi connectivity index (χ0v) is 29.9. The molecule has 1 atom stereocenters. The predicted molar refractivity (Wildman–Crippen MR) is 191 cm³/mol. The number of fused-ring (bicyclic) bond motifs is 4. The summed E-state index contributed by atoms with van der Waals surface area (Å²) in [6, 6.07) is 18.9. The van der Waals surface area contributed by atoms with Crippen LogP contribution in [0.4, 0.5) is 4.79 Å². The summed E-state index contributed by atoms with van der Waals surface area (Å²) < 4.78 is 14.0. The van der Waals surface area contributed by atoms with Crippen LogP contribution in [-0.4, -0.2) is 51.2 Å². The number of carbonyl (C=O) groups excluding carboxylic acids is 2. The molecular formula is C41H51N3O4. The second kappa shape index (κ2) is 13.1. The molecule has 7 heteroatoms. The number of pyridine rings is 1. The summed E-state index contributed by atoms with van der Waals surface area (Å²) in [6.07, 6.45) is 5.90. The van der Waals surface area contributed by atoms with E-state index in [9.17, 15) is 9.59 Å². The molecule has 2 aromatic heterocycles. The van der Waals surface area contributed by atoms with E-state index in [2.05, 4.69) is 56.0 Å². The molecule has 0 N–H and O–H groups in total. The van der Waals surface area contributed by atoms with Crippen molar-refractivity contribution >= 4 is 22.9 Å². The smallest absolute Gasteiger partial charge is 0.419 e. The zero-order chi connectivity index (χ0) is 34.4. The number of nitrogens with zero attached hydrogens (tertiary/aromatic N) is 3. The number of aromatic nitrogens is 2. The lowest BCUT2D eigenvalue weighted by Gasteiger charge is -2.47. The zero-order valence-electron chi connectivity index (χ0n) is 29.9. The molecule has 2 aliphatic heterocycles. The number of aryl methyl sites for hydroxylation is 2. The van der Waals surface area contributed by atoms with E-state index in [1.54, 1.807) is 10.8 Å². The lowest BCUT2D eigenvalue weighted by atomic mass is 9.77. The Balaban J connectivity index is 1.50. The van der Waals surface area contributed by atoms with Crippen molar-refractivity contribution in [3.05, 3.63) is 88.7 Å². The maximum absolute atomic E-state index is 14.3. The van der Waals surface area contributed by atoms with Gasteiger partial charge in [-0.15, -0.1) is 0 Å². The number of hydrogen-bond acceptors (Lipinski definition) is 5. The molecule has 3 aliphatic rings. The van der Waals surface area contributed by atoms with E-state index in [4.69, 9.17) is 14.5 Å². The number of piperidine rings is 2. The molecule has 1 unspecified atom stereocenters. The first kappa shape index (κ1) is 33.9. The van der Waals surface area contributed by atoms with Crippen LogP contribution in [-0.2, 0) is 26.3 Å². The van der Waals surface area contributed by atoms with Crippen molar-refractivity contribution in [1.29, 1.82) is 0 Å². The number of amides is 1. The Hall–Kier alpha value is -3.97. The van der Waals surface area contributed by atoms with Crippen molar-refractivity contribution in [1.82, 2.24) is 14.5 Å². The molecule has 1 amide bonds. The predicted octanol–water partition coefficient (Wildman–Crippen LogP) is 9.10. The van der Waals surface area contributed by atoms with Crippen molar-refractivity contribution in [2.75, 3.05) is 13.2 Å². The molecule has 0 radical (unpaired) electrons. The number of rotatable bonds is 8. The van der Waals surface area contributed by atoms with Gasteiger partial charge >= 0.3 is 6.09 Å². The highest BCUT2D eigenvalue weighted by Gasteiger charge is 2.43. The summed E-state index contributed by atoms with van der Waals surface area (Å²) in [6.45, 7) is 17.7. The second-order valence-corrected chi connectivity index (χ2v) is 15.7. The third-order valence-corrected chi connectivity index (χ3v) is 10.1. The number of ether oxygens (including phenoxy) is 2.